The van der Waals surface area contributed by atoms with Crippen molar-refractivity contribution in [2.75, 3.05) is 13.7 Å². The molecule has 0 aliphatic carbocycles. The first-order chi connectivity index (χ1) is 16.8. The Kier molecular flexibility index (Phi) is 6.86. The van der Waals surface area contributed by atoms with Crippen LogP contribution in [0.3, 0.4) is 0 Å². The molecule has 0 bridgehead atoms. The summed E-state index contributed by atoms with van der Waals surface area (Å²) in [6.07, 6.45) is 0. The van der Waals surface area contributed by atoms with E-state index in [0.717, 1.165) is 5.56 Å². The van der Waals surface area contributed by atoms with Gasteiger partial charge in [0.05, 0.1) is 12.8 Å². The van der Waals surface area contributed by atoms with Crippen LogP contribution >= 0.6 is 0 Å². The SMILES string of the molecule is CCN(Cc1ccccc1)S(=O)(=O)c1cc(-c2ccc(=O)n(-c3c(C)noc3C)n2)ccc1OC. The summed E-state index contributed by atoms with van der Waals surface area (Å²) >= 11 is 0. The van der Waals surface area contributed by atoms with Crippen molar-refractivity contribution >= 4 is 10.0 Å². The number of benzene rings is 2. The van der Waals surface area contributed by atoms with Gasteiger partial charge < -0.3 is 9.26 Å². The summed E-state index contributed by atoms with van der Waals surface area (Å²) in [5.41, 5.74) is 2.42. The second-order valence-corrected chi connectivity index (χ2v) is 9.83. The van der Waals surface area contributed by atoms with Crippen molar-refractivity contribution in [1.29, 1.82) is 0 Å². The molecule has 2 aromatic carbocycles. The van der Waals surface area contributed by atoms with Crippen molar-refractivity contribution in [3.8, 4) is 22.7 Å². The van der Waals surface area contributed by atoms with E-state index in [2.05, 4.69) is 10.3 Å². The summed E-state index contributed by atoms with van der Waals surface area (Å²) in [7, 11) is -2.48. The lowest BCUT2D eigenvalue weighted by Crippen LogP contribution is -2.30. The highest BCUT2D eigenvalue weighted by atomic mass is 32.2. The highest BCUT2D eigenvalue weighted by Crippen LogP contribution is 2.32. The second kappa shape index (κ2) is 9.85. The number of ether oxygens (including phenoxy) is 1. The van der Waals surface area contributed by atoms with Gasteiger partial charge in [-0.3, -0.25) is 4.79 Å². The van der Waals surface area contributed by atoms with Gasteiger partial charge >= 0.3 is 0 Å². The fraction of sp³-hybridized carbons (Fsp3) is 0.240. The Labute approximate surface area is 203 Å². The predicted octanol–water partition coefficient (Wildman–Crippen LogP) is 3.72. The first kappa shape index (κ1) is 24.4. The predicted molar refractivity (Wildman–Crippen MR) is 131 cm³/mol. The number of rotatable bonds is 8. The highest BCUT2D eigenvalue weighted by Gasteiger charge is 2.28. The molecule has 0 unspecified atom stereocenters. The topological polar surface area (TPSA) is 108 Å². The van der Waals surface area contributed by atoms with Crippen LogP contribution in [0.4, 0.5) is 0 Å². The molecule has 4 aromatic rings. The Balaban J connectivity index is 1.80. The van der Waals surface area contributed by atoms with Gasteiger partial charge in [0.25, 0.3) is 5.56 Å². The standard InChI is InChI=1S/C25H26N4O5S/c1-5-28(16-19-9-7-6-8-10-19)35(31,32)23-15-20(11-13-22(23)33-4)21-12-14-24(30)29(26-21)25-17(2)27-34-18(25)3/h6-15H,5,16H2,1-4H3. The normalized spacial score (nSPS) is 11.7. The number of sulfonamides is 1. The van der Waals surface area contributed by atoms with Crippen LogP contribution in [0.5, 0.6) is 5.75 Å². The summed E-state index contributed by atoms with van der Waals surface area (Å²) in [6, 6.07) is 17.1. The molecule has 182 valence electrons. The second-order valence-electron chi connectivity index (χ2n) is 7.92. The van der Waals surface area contributed by atoms with E-state index in [1.54, 1.807) is 39.0 Å². The average Bonchev–Trinajstić information content (AvgIpc) is 3.20. The lowest BCUT2D eigenvalue weighted by molar-refractivity contribution is 0.391. The van der Waals surface area contributed by atoms with Crippen LogP contribution in [0.1, 0.15) is 23.9 Å². The molecular formula is C25H26N4O5S. The molecule has 0 N–H and O–H groups in total. The maximum Gasteiger partial charge on any atom is 0.271 e. The molecule has 2 heterocycles. The molecule has 10 heteroatoms. The number of aromatic nitrogens is 3. The van der Waals surface area contributed by atoms with E-state index in [1.165, 1.54) is 28.2 Å². The molecule has 0 aliphatic heterocycles. The minimum atomic E-state index is -3.91. The van der Waals surface area contributed by atoms with Gasteiger partial charge in [-0.1, -0.05) is 42.4 Å². The fourth-order valence-electron chi connectivity index (χ4n) is 3.84. The van der Waals surface area contributed by atoms with Crippen LogP contribution in [0, 0.1) is 13.8 Å². The number of methoxy groups -OCH3 is 1. The van der Waals surface area contributed by atoms with Gasteiger partial charge in [-0.2, -0.15) is 14.1 Å². The smallest absolute Gasteiger partial charge is 0.271 e. The zero-order valence-electron chi connectivity index (χ0n) is 19.9. The lowest BCUT2D eigenvalue weighted by Gasteiger charge is -2.22. The van der Waals surface area contributed by atoms with Crippen LogP contribution in [0.15, 0.2) is 74.9 Å². The molecule has 35 heavy (non-hydrogen) atoms. The number of nitrogens with zero attached hydrogens (tertiary/aromatic N) is 4. The Morgan fingerprint density at radius 3 is 2.43 bits per heavy atom. The number of aryl methyl sites for hydroxylation is 2. The van der Waals surface area contributed by atoms with Crippen molar-refractivity contribution in [2.45, 2.75) is 32.2 Å². The quantitative estimate of drug-likeness (QED) is 0.367. The third-order valence-corrected chi connectivity index (χ3v) is 7.58. The third-order valence-electron chi connectivity index (χ3n) is 5.64. The molecule has 9 nitrogen and oxygen atoms in total. The van der Waals surface area contributed by atoms with Crippen LogP contribution in [0.2, 0.25) is 0 Å². The lowest BCUT2D eigenvalue weighted by atomic mass is 10.1. The fourth-order valence-corrected chi connectivity index (χ4v) is 5.46. The molecule has 0 aliphatic rings. The number of hydrogen-bond donors (Lipinski definition) is 0. The molecule has 0 spiro atoms. The van der Waals surface area contributed by atoms with Gasteiger partial charge in [-0.25, -0.2) is 8.42 Å². The molecular weight excluding hydrogens is 468 g/mol. The van der Waals surface area contributed by atoms with Crippen molar-refractivity contribution in [3.05, 3.63) is 88.0 Å². The van der Waals surface area contributed by atoms with Crippen molar-refractivity contribution < 1.29 is 17.7 Å². The van der Waals surface area contributed by atoms with Gasteiger partial charge in [0.15, 0.2) is 5.76 Å². The molecule has 0 fully saturated rings. The molecule has 0 saturated heterocycles. The Hall–Kier alpha value is -3.76. The van der Waals surface area contributed by atoms with E-state index in [9.17, 15) is 13.2 Å². The number of hydrogen-bond acceptors (Lipinski definition) is 7. The molecule has 0 saturated carbocycles. The average molecular weight is 495 g/mol. The summed E-state index contributed by atoms with van der Waals surface area (Å²) in [6.45, 7) is 5.71. The van der Waals surface area contributed by atoms with Gasteiger partial charge in [0, 0.05) is 24.7 Å². The third kappa shape index (κ3) is 4.75. The minimum absolute atomic E-state index is 0.0205. The van der Waals surface area contributed by atoms with Crippen LogP contribution in [0.25, 0.3) is 16.9 Å². The Morgan fingerprint density at radius 1 is 1.06 bits per heavy atom. The first-order valence-corrected chi connectivity index (χ1v) is 12.5. The van der Waals surface area contributed by atoms with Gasteiger partial charge in [0.1, 0.15) is 22.0 Å². The molecule has 0 amide bonds. The van der Waals surface area contributed by atoms with Gasteiger partial charge in [-0.05, 0) is 43.7 Å². The molecule has 2 aromatic heterocycles. The minimum Gasteiger partial charge on any atom is -0.495 e. The van der Waals surface area contributed by atoms with E-state index in [4.69, 9.17) is 9.26 Å². The monoisotopic (exact) mass is 494 g/mol. The van der Waals surface area contributed by atoms with Crippen molar-refractivity contribution in [2.24, 2.45) is 0 Å². The van der Waals surface area contributed by atoms with E-state index >= 15 is 0 Å². The van der Waals surface area contributed by atoms with Crippen LogP contribution in [-0.4, -0.2) is 41.3 Å². The van der Waals surface area contributed by atoms with E-state index < -0.39 is 10.0 Å². The Bertz CT molecular complexity index is 1490. The molecule has 0 radical (unpaired) electrons. The molecule has 4 rings (SSSR count). The summed E-state index contributed by atoms with van der Waals surface area (Å²) < 4.78 is 40.5. The maximum absolute atomic E-state index is 13.7. The van der Waals surface area contributed by atoms with Crippen LogP contribution in [-0.2, 0) is 16.6 Å². The van der Waals surface area contributed by atoms with E-state index in [0.29, 0.717) is 28.4 Å². The van der Waals surface area contributed by atoms with Crippen LogP contribution < -0.4 is 10.3 Å². The maximum atomic E-state index is 13.7. The summed E-state index contributed by atoms with van der Waals surface area (Å²) in [5, 5.41) is 8.37. The van der Waals surface area contributed by atoms with Crippen molar-refractivity contribution in [3.63, 3.8) is 0 Å². The summed E-state index contributed by atoms with van der Waals surface area (Å²) in [5.74, 6) is 0.672. The zero-order valence-corrected chi connectivity index (χ0v) is 20.7. The van der Waals surface area contributed by atoms with Gasteiger partial charge in [-0.15, -0.1) is 0 Å². The first-order valence-electron chi connectivity index (χ1n) is 11.0. The highest BCUT2D eigenvalue weighted by molar-refractivity contribution is 7.89. The summed E-state index contributed by atoms with van der Waals surface area (Å²) in [4.78, 5) is 12.6. The molecule has 0 atom stereocenters. The van der Waals surface area contributed by atoms with Gasteiger partial charge in [0.2, 0.25) is 10.0 Å². The van der Waals surface area contributed by atoms with Crippen molar-refractivity contribution in [1.82, 2.24) is 19.2 Å². The Morgan fingerprint density at radius 2 is 1.80 bits per heavy atom. The van der Waals surface area contributed by atoms with E-state index in [1.807, 2.05) is 30.3 Å². The van der Waals surface area contributed by atoms with E-state index in [-0.39, 0.29) is 29.3 Å². The zero-order chi connectivity index (χ0) is 25.2. The largest absolute Gasteiger partial charge is 0.495 e.